The fraction of sp³-hybridized carbons (Fsp3) is 0.412. The molecule has 0 spiro atoms. The number of pyridine rings is 1. The topological polar surface area (TPSA) is 83.0 Å². The third-order valence-electron chi connectivity index (χ3n) is 4.09. The summed E-state index contributed by atoms with van der Waals surface area (Å²) in [5, 5.41) is 6.08. The highest BCUT2D eigenvalue weighted by molar-refractivity contribution is 5.78. The van der Waals surface area contributed by atoms with E-state index in [1.54, 1.807) is 25.6 Å². The number of likely N-dealkylation sites (tertiary alicyclic amines) is 1. The van der Waals surface area contributed by atoms with Crippen LogP contribution in [0.2, 0.25) is 0 Å². The van der Waals surface area contributed by atoms with Crippen LogP contribution in [-0.4, -0.2) is 52.4 Å². The Labute approximate surface area is 141 Å². The standard InChI is InChI=1S/C17H22N6O/c1-18-11-17(24)23-8-4-5-13(12-23)14-9-19-10-16(21-14)22-15-6-2-3-7-20-15/h2-3,6-7,9-10,13,18H,4-5,8,11-12H2,1H3,(H,20,21,22)/t13-/m1/s1. The van der Waals surface area contributed by atoms with E-state index in [9.17, 15) is 4.79 Å². The van der Waals surface area contributed by atoms with Crippen LogP contribution < -0.4 is 10.6 Å². The minimum Gasteiger partial charge on any atom is -0.341 e. The van der Waals surface area contributed by atoms with Crippen LogP contribution >= 0.6 is 0 Å². The predicted octanol–water partition coefficient (Wildman–Crippen LogP) is 1.54. The molecule has 1 amide bonds. The van der Waals surface area contributed by atoms with Gasteiger partial charge in [-0.1, -0.05) is 6.07 Å². The van der Waals surface area contributed by atoms with E-state index in [1.165, 1.54) is 0 Å². The number of hydrogen-bond acceptors (Lipinski definition) is 6. The van der Waals surface area contributed by atoms with E-state index in [1.807, 2.05) is 23.1 Å². The van der Waals surface area contributed by atoms with Crippen LogP contribution in [0.4, 0.5) is 11.6 Å². The van der Waals surface area contributed by atoms with E-state index in [2.05, 4.69) is 25.6 Å². The van der Waals surface area contributed by atoms with Gasteiger partial charge in [0.2, 0.25) is 5.91 Å². The average Bonchev–Trinajstić information content (AvgIpc) is 2.63. The number of nitrogens with zero attached hydrogens (tertiary/aromatic N) is 4. The van der Waals surface area contributed by atoms with Gasteiger partial charge in [-0.05, 0) is 32.0 Å². The Morgan fingerprint density at radius 3 is 3.04 bits per heavy atom. The summed E-state index contributed by atoms with van der Waals surface area (Å²) in [5.74, 6) is 1.76. The lowest BCUT2D eigenvalue weighted by Gasteiger charge is -2.32. The molecule has 7 nitrogen and oxygen atoms in total. The van der Waals surface area contributed by atoms with Crippen molar-refractivity contribution in [3.63, 3.8) is 0 Å². The summed E-state index contributed by atoms with van der Waals surface area (Å²) >= 11 is 0. The Hall–Kier alpha value is -2.54. The molecule has 1 aliphatic rings. The van der Waals surface area contributed by atoms with Gasteiger partial charge in [0.25, 0.3) is 0 Å². The Balaban J connectivity index is 1.70. The number of carbonyl (C=O) groups is 1. The van der Waals surface area contributed by atoms with Gasteiger partial charge in [-0.25, -0.2) is 9.97 Å². The van der Waals surface area contributed by atoms with Crippen molar-refractivity contribution in [2.24, 2.45) is 0 Å². The number of carbonyl (C=O) groups excluding carboxylic acids is 1. The highest BCUT2D eigenvalue weighted by atomic mass is 16.2. The van der Waals surface area contributed by atoms with Gasteiger partial charge in [0.15, 0.2) is 0 Å². The van der Waals surface area contributed by atoms with Crippen molar-refractivity contribution in [2.45, 2.75) is 18.8 Å². The number of anilines is 2. The van der Waals surface area contributed by atoms with Crippen LogP contribution in [0, 0.1) is 0 Å². The zero-order valence-electron chi connectivity index (χ0n) is 13.8. The maximum Gasteiger partial charge on any atom is 0.236 e. The fourth-order valence-electron chi connectivity index (χ4n) is 2.91. The van der Waals surface area contributed by atoms with Gasteiger partial charge >= 0.3 is 0 Å². The van der Waals surface area contributed by atoms with E-state index < -0.39 is 0 Å². The first-order valence-electron chi connectivity index (χ1n) is 8.18. The Morgan fingerprint density at radius 1 is 1.33 bits per heavy atom. The molecule has 1 aliphatic heterocycles. The molecule has 3 heterocycles. The summed E-state index contributed by atoms with van der Waals surface area (Å²) in [4.78, 5) is 27.2. The summed E-state index contributed by atoms with van der Waals surface area (Å²) in [6.45, 7) is 1.89. The van der Waals surface area contributed by atoms with Gasteiger partial charge in [-0.2, -0.15) is 0 Å². The zero-order valence-corrected chi connectivity index (χ0v) is 13.8. The maximum atomic E-state index is 12.1. The zero-order chi connectivity index (χ0) is 16.8. The lowest BCUT2D eigenvalue weighted by molar-refractivity contribution is -0.131. The first-order valence-corrected chi connectivity index (χ1v) is 8.18. The minimum absolute atomic E-state index is 0.137. The molecule has 2 aromatic rings. The molecule has 0 unspecified atom stereocenters. The van der Waals surface area contributed by atoms with Crippen molar-refractivity contribution >= 4 is 17.5 Å². The van der Waals surface area contributed by atoms with Gasteiger partial charge in [0.05, 0.1) is 18.4 Å². The fourth-order valence-corrected chi connectivity index (χ4v) is 2.91. The minimum atomic E-state index is 0.137. The number of hydrogen-bond donors (Lipinski definition) is 2. The van der Waals surface area contributed by atoms with Crippen molar-refractivity contribution in [2.75, 3.05) is 32.0 Å². The van der Waals surface area contributed by atoms with Crippen molar-refractivity contribution in [1.29, 1.82) is 0 Å². The molecule has 3 rings (SSSR count). The molecule has 0 radical (unpaired) electrons. The smallest absolute Gasteiger partial charge is 0.236 e. The average molecular weight is 326 g/mol. The van der Waals surface area contributed by atoms with Crippen LogP contribution in [0.5, 0.6) is 0 Å². The molecule has 0 aliphatic carbocycles. The lowest BCUT2D eigenvalue weighted by Crippen LogP contribution is -2.43. The number of rotatable bonds is 5. The lowest BCUT2D eigenvalue weighted by atomic mass is 9.95. The second-order valence-electron chi connectivity index (χ2n) is 5.88. The molecule has 0 saturated carbocycles. The monoisotopic (exact) mass is 326 g/mol. The van der Waals surface area contributed by atoms with Gasteiger partial charge in [-0.15, -0.1) is 0 Å². The summed E-state index contributed by atoms with van der Waals surface area (Å²) in [7, 11) is 1.79. The molecule has 1 atom stereocenters. The Morgan fingerprint density at radius 2 is 2.25 bits per heavy atom. The predicted molar refractivity (Wildman–Crippen MR) is 92.0 cm³/mol. The van der Waals surface area contributed by atoms with E-state index in [-0.39, 0.29) is 11.8 Å². The second-order valence-corrected chi connectivity index (χ2v) is 5.88. The van der Waals surface area contributed by atoms with Crippen LogP contribution in [0.3, 0.4) is 0 Å². The van der Waals surface area contributed by atoms with Crippen LogP contribution in [0.25, 0.3) is 0 Å². The molecule has 2 aromatic heterocycles. The van der Waals surface area contributed by atoms with E-state index in [0.717, 1.165) is 30.9 Å². The molecule has 0 aromatic carbocycles. The van der Waals surface area contributed by atoms with E-state index in [0.29, 0.717) is 18.9 Å². The Kier molecular flexibility index (Phi) is 5.32. The molecule has 126 valence electrons. The molecule has 1 saturated heterocycles. The largest absolute Gasteiger partial charge is 0.341 e. The normalized spacial score (nSPS) is 17.5. The molecule has 2 N–H and O–H groups in total. The summed E-state index contributed by atoms with van der Waals surface area (Å²) < 4.78 is 0. The highest BCUT2D eigenvalue weighted by Crippen LogP contribution is 2.26. The Bertz CT molecular complexity index is 678. The van der Waals surface area contributed by atoms with Crippen molar-refractivity contribution in [3.8, 4) is 0 Å². The molecule has 24 heavy (non-hydrogen) atoms. The highest BCUT2D eigenvalue weighted by Gasteiger charge is 2.25. The SMILES string of the molecule is CNCC(=O)N1CCC[C@@H](c2cncc(Nc3ccccn3)n2)C1. The number of nitrogens with one attached hydrogen (secondary N) is 2. The number of piperidine rings is 1. The summed E-state index contributed by atoms with van der Waals surface area (Å²) in [5.41, 5.74) is 0.915. The van der Waals surface area contributed by atoms with Gasteiger partial charge in [-0.3, -0.25) is 9.78 Å². The van der Waals surface area contributed by atoms with Crippen LogP contribution in [-0.2, 0) is 4.79 Å². The molecular formula is C17H22N6O. The number of aromatic nitrogens is 3. The first-order chi connectivity index (χ1) is 11.8. The molecule has 0 bridgehead atoms. The third-order valence-corrected chi connectivity index (χ3v) is 4.09. The van der Waals surface area contributed by atoms with Gasteiger partial charge in [0, 0.05) is 31.4 Å². The van der Waals surface area contributed by atoms with Crippen molar-refractivity contribution in [3.05, 3.63) is 42.5 Å². The van der Waals surface area contributed by atoms with Gasteiger partial charge < -0.3 is 15.5 Å². The number of likely N-dealkylation sites (N-methyl/N-ethyl adjacent to an activating group) is 1. The molecule has 7 heteroatoms. The van der Waals surface area contributed by atoms with Crippen LogP contribution in [0.1, 0.15) is 24.5 Å². The first kappa shape index (κ1) is 16.3. The van der Waals surface area contributed by atoms with Crippen LogP contribution in [0.15, 0.2) is 36.8 Å². The molecular weight excluding hydrogens is 304 g/mol. The van der Waals surface area contributed by atoms with Gasteiger partial charge in [0.1, 0.15) is 11.6 Å². The summed E-state index contributed by atoms with van der Waals surface area (Å²) in [6, 6.07) is 5.66. The number of amides is 1. The molecule has 1 fully saturated rings. The van der Waals surface area contributed by atoms with Crippen molar-refractivity contribution in [1.82, 2.24) is 25.2 Å². The maximum absolute atomic E-state index is 12.1. The second kappa shape index (κ2) is 7.83. The van der Waals surface area contributed by atoms with Crippen molar-refractivity contribution < 1.29 is 4.79 Å². The van der Waals surface area contributed by atoms with E-state index in [4.69, 9.17) is 0 Å². The quantitative estimate of drug-likeness (QED) is 0.867. The summed E-state index contributed by atoms with van der Waals surface area (Å²) in [6.07, 6.45) is 7.21. The van der Waals surface area contributed by atoms with E-state index >= 15 is 0 Å². The third kappa shape index (κ3) is 4.05.